The number of carbonyl (C=O) groups is 1. The van der Waals surface area contributed by atoms with E-state index in [0.29, 0.717) is 0 Å². The highest BCUT2D eigenvalue weighted by Crippen LogP contribution is 2.39. The molecule has 0 spiro atoms. The van der Waals surface area contributed by atoms with Crippen LogP contribution in [0.15, 0.2) is 0 Å². The van der Waals surface area contributed by atoms with E-state index in [-0.39, 0.29) is 12.4 Å². The molecule has 0 aromatic carbocycles. The van der Waals surface area contributed by atoms with Crippen molar-refractivity contribution in [3.05, 3.63) is 0 Å². The van der Waals surface area contributed by atoms with Crippen LogP contribution in [-0.4, -0.2) is 31.8 Å². The van der Waals surface area contributed by atoms with Crippen LogP contribution in [0.25, 0.3) is 0 Å². The quantitative estimate of drug-likeness (QED) is 0.417. The Hall–Kier alpha value is -0.130. The van der Waals surface area contributed by atoms with Gasteiger partial charge in [0.1, 0.15) is 0 Å². The lowest BCUT2D eigenvalue weighted by molar-refractivity contribution is -0.143. The van der Waals surface area contributed by atoms with E-state index >= 15 is 0 Å². The van der Waals surface area contributed by atoms with Crippen molar-refractivity contribution in [1.29, 1.82) is 0 Å². The molecule has 0 heterocycles. The first-order chi connectivity index (χ1) is 3.85. The Balaban J connectivity index is 0. The lowest BCUT2D eigenvalue weighted by atomic mass is 10.7. The van der Waals surface area contributed by atoms with Gasteiger partial charge in [0, 0.05) is 0 Å². The van der Waals surface area contributed by atoms with E-state index in [2.05, 4.69) is 0 Å². The molecule has 0 amide bonds. The molecule has 0 fully saturated rings. The fraction of sp³-hybridized carbons (Fsp3) is 0.500. The number of hydrogen-bond donors (Lipinski definition) is 4. The van der Waals surface area contributed by atoms with Crippen LogP contribution >= 0.6 is 20.0 Å². The Bertz CT molecular complexity index is 161. The van der Waals surface area contributed by atoms with Crippen molar-refractivity contribution < 1.29 is 29.4 Å². The third kappa shape index (κ3) is 3.81. The second-order valence-corrected chi connectivity index (χ2v) is 2.97. The molecule has 0 aliphatic rings. The van der Waals surface area contributed by atoms with Crippen molar-refractivity contribution in [2.24, 2.45) is 0 Å². The summed E-state index contributed by atoms with van der Waals surface area (Å²) in [5.74, 6) is -4.53. The zero-order valence-corrected chi connectivity index (χ0v) is 6.25. The molecule has 1 unspecified atom stereocenters. The molecule has 0 rings (SSSR count). The van der Waals surface area contributed by atoms with E-state index < -0.39 is 19.4 Å². The summed E-state index contributed by atoms with van der Waals surface area (Å²) in [6.07, 6.45) is 0. The average Bonchev–Trinajstić information content (AvgIpc) is 1.62. The average molecular weight is 192 g/mol. The topological polar surface area (TPSA) is 115 Å². The first-order valence-corrected chi connectivity index (χ1v) is 3.50. The summed E-state index contributed by atoms with van der Waals surface area (Å²) in [6.45, 7) is 0. The van der Waals surface area contributed by atoms with Crippen LogP contribution in [0, 0.1) is 0 Å². The van der Waals surface area contributed by atoms with E-state index in [9.17, 15) is 9.36 Å². The normalized spacial score (nSPS) is 13.5. The Kier molecular flexibility index (Phi) is 4.89. The number of rotatable bonds is 2. The van der Waals surface area contributed by atoms with Gasteiger partial charge >= 0.3 is 13.6 Å². The molecule has 0 aliphatic carbocycles. The maximum Gasteiger partial charge on any atom is 0.365 e. The molecule has 0 aromatic rings. The first-order valence-electron chi connectivity index (χ1n) is 1.82. The van der Waals surface area contributed by atoms with Gasteiger partial charge in [0.25, 0.3) is 5.85 Å². The molecule has 4 N–H and O–H groups in total. The Morgan fingerprint density at radius 1 is 1.40 bits per heavy atom. The van der Waals surface area contributed by atoms with E-state index in [0.717, 1.165) is 0 Å². The molecule has 1 atom stereocenters. The number of carboxylic acid groups (broad SMARTS) is 1. The minimum Gasteiger partial charge on any atom is -0.479 e. The molecule has 0 bridgehead atoms. The molecule has 62 valence electrons. The van der Waals surface area contributed by atoms with Gasteiger partial charge in [0.2, 0.25) is 0 Å². The lowest BCUT2D eigenvalue weighted by Gasteiger charge is -2.05. The van der Waals surface area contributed by atoms with Crippen molar-refractivity contribution in [3.8, 4) is 0 Å². The highest BCUT2D eigenvalue weighted by atomic mass is 35.5. The van der Waals surface area contributed by atoms with E-state index in [1.165, 1.54) is 0 Å². The van der Waals surface area contributed by atoms with Gasteiger partial charge < -0.3 is 20.0 Å². The van der Waals surface area contributed by atoms with Crippen molar-refractivity contribution >= 4 is 26.0 Å². The maximum absolute atomic E-state index is 9.84. The largest absolute Gasteiger partial charge is 0.479 e. The fourth-order valence-corrected chi connectivity index (χ4v) is 0.432. The van der Waals surface area contributed by atoms with Gasteiger partial charge in [-0.2, -0.15) is 0 Å². The van der Waals surface area contributed by atoms with E-state index in [1.54, 1.807) is 0 Å². The first kappa shape index (κ1) is 12.5. The summed E-state index contributed by atoms with van der Waals surface area (Å²) in [5.41, 5.74) is 0. The molecule has 0 aromatic heterocycles. The zero-order valence-electron chi connectivity index (χ0n) is 4.54. The minimum absolute atomic E-state index is 0. The lowest BCUT2D eigenvalue weighted by Crippen LogP contribution is -2.18. The van der Waals surface area contributed by atoms with Gasteiger partial charge in [-0.1, -0.05) is 0 Å². The van der Waals surface area contributed by atoms with Crippen molar-refractivity contribution in [3.63, 3.8) is 0 Å². The molecule has 0 radical (unpaired) electrons. The number of aliphatic hydroxyl groups is 1. The number of aliphatic hydroxyl groups excluding tert-OH is 1. The van der Waals surface area contributed by atoms with Crippen molar-refractivity contribution in [2.75, 3.05) is 0 Å². The minimum atomic E-state index is -4.86. The summed E-state index contributed by atoms with van der Waals surface area (Å²) in [5, 5.41) is 15.9. The second-order valence-electron chi connectivity index (χ2n) is 1.30. The van der Waals surface area contributed by atoms with Crippen LogP contribution in [0.1, 0.15) is 0 Å². The van der Waals surface area contributed by atoms with Crippen molar-refractivity contribution in [1.82, 2.24) is 0 Å². The predicted octanol–water partition coefficient (Wildman–Crippen LogP) is -1.01. The Morgan fingerprint density at radius 2 is 1.70 bits per heavy atom. The van der Waals surface area contributed by atoms with E-state index in [4.69, 9.17) is 20.0 Å². The van der Waals surface area contributed by atoms with Gasteiger partial charge in [-0.3, -0.25) is 4.57 Å². The van der Waals surface area contributed by atoms with Crippen LogP contribution in [0.5, 0.6) is 0 Å². The number of aliphatic carboxylic acids is 1. The number of hydrogen-bond acceptors (Lipinski definition) is 3. The molecule has 0 saturated carbocycles. The van der Waals surface area contributed by atoms with Crippen LogP contribution < -0.4 is 0 Å². The molecule has 8 heteroatoms. The second kappa shape index (κ2) is 3.90. The smallest absolute Gasteiger partial charge is 0.365 e. The van der Waals surface area contributed by atoms with Gasteiger partial charge in [-0.05, 0) is 0 Å². The third-order valence-corrected chi connectivity index (χ3v) is 1.40. The Morgan fingerprint density at radius 3 is 1.70 bits per heavy atom. The van der Waals surface area contributed by atoms with Gasteiger partial charge in [-0.25, -0.2) is 4.79 Å². The van der Waals surface area contributed by atoms with Crippen LogP contribution in [-0.2, 0) is 9.36 Å². The molecular formula is C2H6ClO6P. The number of halogens is 1. The molecule has 0 aliphatic heterocycles. The van der Waals surface area contributed by atoms with Crippen LogP contribution in [0.2, 0.25) is 0 Å². The molecule has 6 nitrogen and oxygen atoms in total. The Labute approximate surface area is 62.1 Å². The molecule has 0 saturated heterocycles. The van der Waals surface area contributed by atoms with Gasteiger partial charge in [0.05, 0.1) is 0 Å². The van der Waals surface area contributed by atoms with Crippen LogP contribution in [0.4, 0.5) is 0 Å². The number of carboxylic acids is 1. The molecular weight excluding hydrogens is 186 g/mol. The summed E-state index contributed by atoms with van der Waals surface area (Å²) in [7, 11) is -4.86. The maximum atomic E-state index is 9.84. The summed E-state index contributed by atoms with van der Waals surface area (Å²) >= 11 is 0. The summed E-state index contributed by atoms with van der Waals surface area (Å²) < 4.78 is 9.84. The summed E-state index contributed by atoms with van der Waals surface area (Å²) in [6, 6.07) is 0. The zero-order chi connectivity index (χ0) is 7.65. The SMILES string of the molecule is Cl.O=C(O)C(O)P(=O)(O)O. The highest BCUT2D eigenvalue weighted by molar-refractivity contribution is 7.53. The van der Waals surface area contributed by atoms with Gasteiger partial charge in [0.15, 0.2) is 0 Å². The van der Waals surface area contributed by atoms with Gasteiger partial charge in [-0.15, -0.1) is 12.4 Å². The molecule has 10 heavy (non-hydrogen) atoms. The van der Waals surface area contributed by atoms with Crippen LogP contribution in [0.3, 0.4) is 0 Å². The summed E-state index contributed by atoms with van der Waals surface area (Å²) in [4.78, 5) is 25.5. The highest BCUT2D eigenvalue weighted by Gasteiger charge is 2.32. The standard InChI is InChI=1S/C2H5O6P.ClH/c3-1(4)2(5)9(6,7)8;/h2,5H,(H,3,4)(H2,6,7,8);1H. The third-order valence-electron chi connectivity index (χ3n) is 0.539. The monoisotopic (exact) mass is 192 g/mol. The predicted molar refractivity (Wildman–Crippen MR) is 32.9 cm³/mol. The fourth-order valence-electron chi connectivity index (χ4n) is 0.144. The van der Waals surface area contributed by atoms with Crippen molar-refractivity contribution in [2.45, 2.75) is 5.85 Å². The van der Waals surface area contributed by atoms with E-state index in [1.807, 2.05) is 0 Å².